The third-order valence-electron chi connectivity index (χ3n) is 4.50. The number of benzene rings is 1. The van der Waals surface area contributed by atoms with Crippen LogP contribution in [0.1, 0.15) is 73.5 Å². The number of nitrogens with one attached hydrogen (secondary N) is 1. The molecule has 1 heterocycles. The Labute approximate surface area is 128 Å². The van der Waals surface area contributed by atoms with Gasteiger partial charge in [0, 0.05) is 18.2 Å². The van der Waals surface area contributed by atoms with E-state index in [2.05, 4.69) is 31.3 Å². The molecule has 1 aliphatic heterocycles. The largest absolute Gasteiger partial charge is 0.352 e. The second kappa shape index (κ2) is 7.60. The molecular formula is C18H28N2O. The maximum absolute atomic E-state index is 12.1. The second-order valence-electron chi connectivity index (χ2n) is 6.14. The van der Waals surface area contributed by atoms with Crippen LogP contribution in [0.15, 0.2) is 18.2 Å². The molecule has 1 aromatic rings. The second-order valence-corrected chi connectivity index (χ2v) is 6.14. The summed E-state index contributed by atoms with van der Waals surface area (Å²) in [5.74, 6) is 0.561. The molecule has 1 atom stereocenters. The molecule has 1 unspecified atom stereocenters. The number of fused-ring (bicyclic) bond motifs is 1. The van der Waals surface area contributed by atoms with Crippen LogP contribution in [0.5, 0.6) is 0 Å². The van der Waals surface area contributed by atoms with E-state index in [0.29, 0.717) is 5.92 Å². The summed E-state index contributed by atoms with van der Waals surface area (Å²) in [7, 11) is 0. The molecule has 0 bridgehead atoms. The summed E-state index contributed by atoms with van der Waals surface area (Å²) in [6.07, 6.45) is 6.60. The summed E-state index contributed by atoms with van der Waals surface area (Å²) >= 11 is 0. The third-order valence-corrected chi connectivity index (χ3v) is 4.50. The van der Waals surface area contributed by atoms with Gasteiger partial charge in [0.1, 0.15) is 0 Å². The molecule has 21 heavy (non-hydrogen) atoms. The molecule has 0 aliphatic carbocycles. The first-order valence-corrected chi connectivity index (χ1v) is 8.34. The van der Waals surface area contributed by atoms with Gasteiger partial charge in [0.25, 0.3) is 5.91 Å². The summed E-state index contributed by atoms with van der Waals surface area (Å²) in [6, 6.07) is 6.29. The summed E-state index contributed by atoms with van der Waals surface area (Å²) in [6.45, 7) is 5.18. The summed E-state index contributed by atoms with van der Waals surface area (Å²) < 4.78 is 0. The fourth-order valence-corrected chi connectivity index (χ4v) is 3.32. The number of hydrogen-bond acceptors (Lipinski definition) is 2. The number of rotatable bonds is 6. The lowest BCUT2D eigenvalue weighted by molar-refractivity contribution is 0.0956. The molecule has 1 amide bonds. The average Bonchev–Trinajstić information content (AvgIpc) is 2.68. The maximum atomic E-state index is 12.1. The van der Waals surface area contributed by atoms with E-state index in [-0.39, 0.29) is 11.9 Å². The van der Waals surface area contributed by atoms with Crippen LogP contribution in [-0.4, -0.2) is 12.5 Å². The van der Waals surface area contributed by atoms with Gasteiger partial charge >= 0.3 is 0 Å². The van der Waals surface area contributed by atoms with E-state index in [1.165, 1.54) is 0 Å². The quantitative estimate of drug-likeness (QED) is 0.840. The number of amides is 1. The average molecular weight is 288 g/mol. The standard InChI is InChI=1S/C18H28N2O/c1-3-6-14(7-4-2)17(19)15-10-9-13-8-5-11-20-18(21)16(13)12-15/h9-10,12,14,17H,3-8,11,19H2,1-2H3,(H,20,21). The minimum Gasteiger partial charge on any atom is -0.352 e. The van der Waals surface area contributed by atoms with Gasteiger partial charge in [-0.1, -0.05) is 38.8 Å². The van der Waals surface area contributed by atoms with Crippen molar-refractivity contribution in [2.45, 2.75) is 58.4 Å². The number of carbonyl (C=O) groups is 1. The van der Waals surface area contributed by atoms with Crippen LogP contribution in [0.4, 0.5) is 0 Å². The topological polar surface area (TPSA) is 55.1 Å². The molecule has 3 heteroatoms. The molecule has 0 saturated heterocycles. The van der Waals surface area contributed by atoms with Crippen LogP contribution in [0.25, 0.3) is 0 Å². The van der Waals surface area contributed by atoms with Crippen LogP contribution in [-0.2, 0) is 6.42 Å². The van der Waals surface area contributed by atoms with Gasteiger partial charge in [0.05, 0.1) is 0 Å². The lowest BCUT2D eigenvalue weighted by Crippen LogP contribution is -2.24. The van der Waals surface area contributed by atoms with Gasteiger partial charge in [-0.3, -0.25) is 4.79 Å². The zero-order valence-electron chi connectivity index (χ0n) is 13.3. The SMILES string of the molecule is CCCC(CCC)C(N)c1ccc2c(c1)C(=O)NCCC2. The Balaban J connectivity index is 2.25. The number of carbonyl (C=O) groups excluding carboxylic acids is 1. The molecule has 1 aromatic carbocycles. The summed E-state index contributed by atoms with van der Waals surface area (Å²) in [4.78, 5) is 12.1. The molecule has 3 N–H and O–H groups in total. The molecule has 1 aliphatic rings. The van der Waals surface area contributed by atoms with Gasteiger partial charge < -0.3 is 11.1 Å². The Hall–Kier alpha value is -1.35. The molecule has 0 saturated carbocycles. The van der Waals surface area contributed by atoms with Crippen molar-refractivity contribution in [3.05, 3.63) is 34.9 Å². The van der Waals surface area contributed by atoms with Crippen molar-refractivity contribution in [2.75, 3.05) is 6.54 Å². The number of hydrogen-bond donors (Lipinski definition) is 2. The van der Waals surface area contributed by atoms with E-state index in [4.69, 9.17) is 5.73 Å². The van der Waals surface area contributed by atoms with Crippen LogP contribution >= 0.6 is 0 Å². The van der Waals surface area contributed by atoms with Crippen molar-refractivity contribution < 1.29 is 4.79 Å². The zero-order chi connectivity index (χ0) is 15.2. The highest BCUT2D eigenvalue weighted by atomic mass is 16.1. The van der Waals surface area contributed by atoms with Crippen molar-refractivity contribution in [2.24, 2.45) is 11.7 Å². The van der Waals surface area contributed by atoms with E-state index in [9.17, 15) is 4.79 Å². The van der Waals surface area contributed by atoms with Gasteiger partial charge in [-0.2, -0.15) is 0 Å². The molecular weight excluding hydrogens is 260 g/mol. The maximum Gasteiger partial charge on any atom is 0.251 e. The Bertz CT molecular complexity index is 478. The first kappa shape index (κ1) is 16.0. The minimum absolute atomic E-state index is 0.0336. The van der Waals surface area contributed by atoms with Crippen LogP contribution in [0.2, 0.25) is 0 Å². The Morgan fingerprint density at radius 3 is 2.62 bits per heavy atom. The lowest BCUT2D eigenvalue weighted by atomic mass is 9.85. The molecule has 0 radical (unpaired) electrons. The number of aryl methyl sites for hydroxylation is 1. The van der Waals surface area contributed by atoms with Gasteiger partial charge in [-0.05, 0) is 48.8 Å². The highest BCUT2D eigenvalue weighted by molar-refractivity contribution is 5.96. The molecule has 3 nitrogen and oxygen atoms in total. The Morgan fingerprint density at radius 1 is 1.24 bits per heavy atom. The van der Waals surface area contributed by atoms with E-state index in [0.717, 1.165) is 61.8 Å². The van der Waals surface area contributed by atoms with Crippen LogP contribution in [0, 0.1) is 5.92 Å². The van der Waals surface area contributed by atoms with Gasteiger partial charge in [0.15, 0.2) is 0 Å². The number of nitrogens with two attached hydrogens (primary N) is 1. The van der Waals surface area contributed by atoms with E-state index in [1.54, 1.807) is 0 Å². The molecule has 0 spiro atoms. The van der Waals surface area contributed by atoms with E-state index >= 15 is 0 Å². The summed E-state index contributed by atoms with van der Waals surface area (Å²) in [5, 5.41) is 2.97. The van der Waals surface area contributed by atoms with Crippen LogP contribution < -0.4 is 11.1 Å². The molecule has 116 valence electrons. The Kier molecular flexibility index (Phi) is 5.80. The van der Waals surface area contributed by atoms with Crippen molar-refractivity contribution in [1.82, 2.24) is 5.32 Å². The fraction of sp³-hybridized carbons (Fsp3) is 0.611. The monoisotopic (exact) mass is 288 g/mol. The summed E-state index contributed by atoms with van der Waals surface area (Å²) in [5.41, 5.74) is 9.59. The minimum atomic E-state index is 0.0336. The van der Waals surface area contributed by atoms with Gasteiger partial charge in [-0.25, -0.2) is 0 Å². The molecule has 0 fully saturated rings. The van der Waals surface area contributed by atoms with E-state index < -0.39 is 0 Å². The predicted molar refractivity (Wildman–Crippen MR) is 87.3 cm³/mol. The fourth-order valence-electron chi connectivity index (χ4n) is 3.32. The van der Waals surface area contributed by atoms with Crippen LogP contribution in [0.3, 0.4) is 0 Å². The highest BCUT2D eigenvalue weighted by Gasteiger charge is 2.21. The zero-order valence-corrected chi connectivity index (χ0v) is 13.3. The smallest absolute Gasteiger partial charge is 0.251 e. The van der Waals surface area contributed by atoms with E-state index in [1.807, 2.05) is 6.07 Å². The normalized spacial score (nSPS) is 16.3. The van der Waals surface area contributed by atoms with Crippen molar-refractivity contribution in [1.29, 1.82) is 0 Å². The molecule has 2 rings (SSSR count). The van der Waals surface area contributed by atoms with Crippen molar-refractivity contribution in [3.63, 3.8) is 0 Å². The van der Waals surface area contributed by atoms with Gasteiger partial charge in [-0.15, -0.1) is 0 Å². The third kappa shape index (κ3) is 3.85. The van der Waals surface area contributed by atoms with Gasteiger partial charge in [0.2, 0.25) is 0 Å². The van der Waals surface area contributed by atoms with Crippen molar-refractivity contribution >= 4 is 5.91 Å². The predicted octanol–water partition coefficient (Wildman–Crippen LogP) is 3.58. The first-order valence-electron chi connectivity index (χ1n) is 8.34. The lowest BCUT2D eigenvalue weighted by Gasteiger charge is -2.24. The first-order chi connectivity index (χ1) is 10.2. The Morgan fingerprint density at radius 2 is 1.95 bits per heavy atom. The molecule has 0 aromatic heterocycles. The highest BCUT2D eigenvalue weighted by Crippen LogP contribution is 2.29. The van der Waals surface area contributed by atoms with Crippen molar-refractivity contribution in [3.8, 4) is 0 Å².